The van der Waals surface area contributed by atoms with Crippen LogP contribution in [0.3, 0.4) is 0 Å². The number of para-hydroxylation sites is 1. The highest BCUT2D eigenvalue weighted by atomic mass is 16.4. The number of carboxylic acids is 4. The summed E-state index contributed by atoms with van der Waals surface area (Å²) in [5.74, 6) is -20.7. The second-order valence-electron chi connectivity index (χ2n) is 30.1. The Morgan fingerprint density at radius 2 is 0.842 bits per heavy atom. The smallest absolute Gasteiger partial charge is 0.326 e. The van der Waals surface area contributed by atoms with E-state index < -0.39 is 261 Å². The number of likely N-dealkylation sites (tertiary alicyclic amines) is 3. The fourth-order valence-electron chi connectivity index (χ4n) is 13.8. The topological polar surface area (TPSA) is 604 Å². The van der Waals surface area contributed by atoms with Gasteiger partial charge in [-0.2, -0.15) is 0 Å². The number of nitrogens with zero attached hydrogens (tertiary/aromatic N) is 3. The van der Waals surface area contributed by atoms with E-state index in [0.717, 1.165) is 0 Å². The summed E-state index contributed by atoms with van der Waals surface area (Å²) in [4.78, 5) is 240. The molecule has 20 N–H and O–H groups in total. The van der Waals surface area contributed by atoms with Gasteiger partial charge in [-0.1, -0.05) is 92.9 Å². The Kier molecular flexibility index (Phi) is 37.1. The van der Waals surface area contributed by atoms with Crippen molar-refractivity contribution in [3.05, 3.63) is 36.0 Å². The highest BCUT2D eigenvalue weighted by molar-refractivity contribution is 6.01. The number of benzene rings is 1. The standard InChI is InChI=1S/C75H115N15O24/c1-10-38(6)59(85-67(105)51(36-92)84-69(107)58(76)41(9)93)71(109)81-48(33-42-34-77-44-19-14-13-18-43(42)44)65(103)87-61(40(8)12-3)74(112)88-29-15-20-52(88)68(106)86-60(39(7)11-2)70(108)80-47(25-28-57(98)99)63(101)78-45(23-26-55(94)95)62(100)79-46(24-27-56(96)97)64(102)83-50(35-91)66(104)82-49(32-37(4)5)72(110)89-30-16-21-53(89)73(111)90-31-17-22-54(90)75(113)114/h13-14,18-19,34,37-41,45-54,58-61,77,91-93H,10-12,15-17,20-33,35-36,76H2,1-9H3,(H,78,101)(H,79,100)(H,80,108)(H,81,109)(H,82,104)(H,83,102)(H,84,107)(H,85,105)(H,86,106)(H,87,103)(H,94,95)(H,96,97)(H,98,99)(H,113,114)/t38-,39-,40-,41+,45-,46-,47-,48-,49-,50-,51-,52-,53-,54-,58-,59-,60-,61-/m0/s1. The Bertz CT molecular complexity index is 3760. The van der Waals surface area contributed by atoms with Gasteiger partial charge in [-0.25, -0.2) is 4.79 Å². The van der Waals surface area contributed by atoms with Gasteiger partial charge in [0, 0.05) is 62.4 Å². The molecule has 39 nitrogen and oxygen atoms in total. The number of H-pyrrole nitrogens is 1. The lowest BCUT2D eigenvalue weighted by atomic mass is 9.95. The Labute approximate surface area is 659 Å². The monoisotopic (exact) mass is 1610 g/mol. The summed E-state index contributed by atoms with van der Waals surface area (Å²) in [5, 5.41) is 95.1. The quantitative estimate of drug-likeness (QED) is 0.0316. The predicted octanol–water partition coefficient (Wildman–Crippen LogP) is -2.91. The second-order valence-corrected chi connectivity index (χ2v) is 30.1. The number of carboxylic acid groups (broad SMARTS) is 4. The number of aromatic amines is 1. The van der Waals surface area contributed by atoms with Crippen molar-refractivity contribution in [2.45, 2.75) is 262 Å². The van der Waals surface area contributed by atoms with Crippen LogP contribution in [0.15, 0.2) is 30.5 Å². The molecule has 114 heavy (non-hydrogen) atoms. The Hall–Kier alpha value is -10.4. The summed E-state index contributed by atoms with van der Waals surface area (Å²) in [6.45, 7) is 12.8. The van der Waals surface area contributed by atoms with Gasteiger partial charge in [0.15, 0.2) is 0 Å². The lowest BCUT2D eigenvalue weighted by Gasteiger charge is -2.34. The van der Waals surface area contributed by atoms with E-state index in [1.807, 2.05) is 0 Å². The molecular weight excluding hydrogens is 1490 g/mol. The highest BCUT2D eigenvalue weighted by Gasteiger charge is 2.47. The van der Waals surface area contributed by atoms with E-state index in [0.29, 0.717) is 35.7 Å². The number of rotatable bonds is 46. The molecule has 5 rings (SSSR count). The number of fused-ring (bicyclic) bond motifs is 1. The molecule has 3 aliphatic heterocycles. The Morgan fingerprint density at radius 3 is 1.32 bits per heavy atom. The molecule has 3 saturated heterocycles. The van der Waals surface area contributed by atoms with Crippen LogP contribution in [0.25, 0.3) is 10.9 Å². The number of nitrogens with two attached hydrogens (primary N) is 1. The zero-order valence-electron chi connectivity index (χ0n) is 65.9. The summed E-state index contributed by atoms with van der Waals surface area (Å²) in [6, 6.07) is -14.2. The number of hydrogen-bond donors (Lipinski definition) is 19. The van der Waals surface area contributed by atoms with E-state index in [9.17, 15) is 112 Å². The Balaban J connectivity index is 1.36. The molecule has 0 radical (unpaired) electrons. The summed E-state index contributed by atoms with van der Waals surface area (Å²) in [5.41, 5.74) is 7.00. The molecule has 0 saturated carbocycles. The minimum Gasteiger partial charge on any atom is -0.481 e. The maximum absolute atomic E-state index is 15.1. The van der Waals surface area contributed by atoms with Crippen LogP contribution in [0.1, 0.15) is 171 Å². The third-order valence-corrected chi connectivity index (χ3v) is 21.2. The molecular formula is C75H115N15O24. The Morgan fingerprint density at radius 1 is 0.456 bits per heavy atom. The van der Waals surface area contributed by atoms with E-state index in [4.69, 9.17) is 5.73 Å². The fourth-order valence-corrected chi connectivity index (χ4v) is 13.8. The van der Waals surface area contributed by atoms with E-state index in [-0.39, 0.29) is 76.9 Å². The van der Waals surface area contributed by atoms with Crippen molar-refractivity contribution >= 4 is 112 Å². The largest absolute Gasteiger partial charge is 0.481 e. The van der Waals surface area contributed by atoms with Crippen molar-refractivity contribution in [1.82, 2.24) is 72.9 Å². The van der Waals surface area contributed by atoms with Gasteiger partial charge in [0.2, 0.25) is 76.8 Å². The van der Waals surface area contributed by atoms with Crippen LogP contribution in [-0.2, 0) is 87.9 Å². The molecule has 0 spiro atoms. The van der Waals surface area contributed by atoms with Gasteiger partial charge in [0.05, 0.1) is 19.3 Å². The molecule has 4 heterocycles. The third-order valence-electron chi connectivity index (χ3n) is 21.2. The van der Waals surface area contributed by atoms with Crippen LogP contribution < -0.4 is 58.9 Å². The van der Waals surface area contributed by atoms with Crippen molar-refractivity contribution in [1.29, 1.82) is 0 Å². The SMILES string of the molecule is CC[C@H](C)[C@H](NC(=O)[C@H](CO)NC(=O)[C@@H](N)[C@@H](C)O)C(=O)N[C@@H](Cc1c[nH]c2ccccc12)C(=O)N[C@H](C(=O)N1CCC[C@H]1C(=O)N[C@H](C(=O)N[C@@H](CCC(=O)O)C(=O)N[C@@H](CCC(=O)O)C(=O)N[C@@H](CCC(=O)O)C(=O)N[C@@H](CO)C(=O)N[C@@H](CC(C)C)C(=O)N1CCC[C@H]1C(=O)N1CCC[C@H]1C(=O)O)[C@@H](C)CC)[C@@H](C)CC. The summed E-state index contributed by atoms with van der Waals surface area (Å²) in [6.07, 6.45) is -2.30. The van der Waals surface area contributed by atoms with Gasteiger partial charge < -0.3 is 114 Å². The first-order valence-electron chi connectivity index (χ1n) is 38.9. The molecule has 0 aliphatic carbocycles. The van der Waals surface area contributed by atoms with Crippen molar-refractivity contribution < 1.29 is 117 Å². The van der Waals surface area contributed by atoms with Crippen molar-refractivity contribution in [2.24, 2.45) is 29.4 Å². The molecule has 3 aliphatic rings. The number of carbonyl (C=O) groups is 17. The molecule has 0 bridgehead atoms. The fraction of sp³-hybridized carbons (Fsp3) is 0.667. The summed E-state index contributed by atoms with van der Waals surface area (Å²) >= 11 is 0. The number of aromatic nitrogens is 1. The van der Waals surface area contributed by atoms with Crippen molar-refractivity contribution in [3.63, 3.8) is 0 Å². The molecule has 1 aromatic heterocycles. The molecule has 39 heteroatoms. The van der Waals surface area contributed by atoms with E-state index in [1.54, 1.807) is 85.9 Å². The van der Waals surface area contributed by atoms with Crippen LogP contribution in [0.5, 0.6) is 0 Å². The molecule has 1 aromatic carbocycles. The van der Waals surface area contributed by atoms with Crippen molar-refractivity contribution in [2.75, 3.05) is 32.8 Å². The predicted molar refractivity (Wildman–Crippen MR) is 405 cm³/mol. The lowest BCUT2D eigenvalue weighted by Crippen LogP contribution is -2.62. The minimum atomic E-state index is -1.96. The minimum absolute atomic E-state index is 0.0228. The zero-order valence-corrected chi connectivity index (χ0v) is 65.9. The number of aliphatic hydroxyl groups is 3. The van der Waals surface area contributed by atoms with E-state index in [2.05, 4.69) is 58.2 Å². The maximum atomic E-state index is 15.1. The van der Waals surface area contributed by atoms with Gasteiger partial charge in [-0.15, -0.1) is 0 Å². The van der Waals surface area contributed by atoms with Gasteiger partial charge in [-0.3, -0.25) is 76.7 Å². The van der Waals surface area contributed by atoms with Gasteiger partial charge >= 0.3 is 23.9 Å². The first-order chi connectivity index (χ1) is 53.8. The van der Waals surface area contributed by atoms with Gasteiger partial charge in [0.25, 0.3) is 0 Å². The summed E-state index contributed by atoms with van der Waals surface area (Å²) in [7, 11) is 0. The molecule has 0 unspecified atom stereocenters. The first kappa shape index (κ1) is 94.2. The molecule has 18 atom stereocenters. The molecule has 3 fully saturated rings. The molecule has 2 aromatic rings. The van der Waals surface area contributed by atoms with Gasteiger partial charge in [-0.05, 0) is 106 Å². The number of carbonyl (C=O) groups excluding carboxylic acids is 13. The van der Waals surface area contributed by atoms with Crippen LogP contribution in [0.4, 0.5) is 0 Å². The van der Waals surface area contributed by atoms with E-state index in [1.165, 1.54) is 21.6 Å². The normalized spacial score (nSPS) is 19.4. The third kappa shape index (κ3) is 26.6. The number of nitrogens with one attached hydrogen (secondary N) is 11. The summed E-state index contributed by atoms with van der Waals surface area (Å²) < 4.78 is 0. The highest BCUT2D eigenvalue weighted by Crippen LogP contribution is 2.28. The molecule has 634 valence electrons. The first-order valence-corrected chi connectivity index (χ1v) is 38.9. The maximum Gasteiger partial charge on any atom is 0.326 e. The average molecular weight is 1610 g/mol. The van der Waals surface area contributed by atoms with Crippen LogP contribution >= 0.6 is 0 Å². The van der Waals surface area contributed by atoms with Gasteiger partial charge in [0.1, 0.15) is 84.6 Å². The average Bonchev–Trinajstić information content (AvgIpc) is 1.63. The van der Waals surface area contributed by atoms with Crippen molar-refractivity contribution in [3.8, 4) is 0 Å². The number of aliphatic hydroxyl groups excluding tert-OH is 3. The number of amides is 13. The number of aliphatic carboxylic acids is 4. The molecule has 13 amide bonds. The number of hydrogen-bond acceptors (Lipinski definition) is 21. The van der Waals surface area contributed by atoms with Crippen LogP contribution in [0, 0.1) is 23.7 Å². The van der Waals surface area contributed by atoms with E-state index >= 15 is 4.79 Å². The van der Waals surface area contributed by atoms with Crippen LogP contribution in [-0.4, -0.2) is 280 Å². The van der Waals surface area contributed by atoms with Crippen LogP contribution in [0.2, 0.25) is 0 Å². The zero-order chi connectivity index (χ0) is 85.1. The lowest BCUT2D eigenvalue weighted by molar-refractivity contribution is -0.152. The second kappa shape index (κ2) is 44.9.